The highest BCUT2D eigenvalue weighted by molar-refractivity contribution is 8.22. The van der Waals surface area contributed by atoms with Crippen LogP contribution in [-0.4, -0.2) is 26.2 Å². The third-order valence-electron chi connectivity index (χ3n) is 3.04. The van der Waals surface area contributed by atoms with Gasteiger partial charge in [0.1, 0.15) is 5.56 Å². The van der Waals surface area contributed by atoms with Gasteiger partial charge in [-0.1, -0.05) is 25.4 Å². The van der Waals surface area contributed by atoms with E-state index < -0.39 is 5.56 Å². The van der Waals surface area contributed by atoms with Crippen LogP contribution in [0.4, 0.5) is 0 Å². The lowest BCUT2D eigenvalue weighted by Crippen LogP contribution is -2.16. The lowest BCUT2D eigenvalue weighted by Gasteiger charge is -2.12. The largest absolute Gasteiger partial charge is 0.494 e. The molecule has 0 spiro atoms. The quantitative estimate of drug-likeness (QED) is 0.664. The maximum atomic E-state index is 12.3. The molecule has 0 unspecified atom stereocenters. The number of benzene rings is 1. The SMILES string of the molecule is CCSC(=Cc1c(O)n(-c2ccc(Cl)cc2)c(=S)[nH]c1=O)SCC. The van der Waals surface area contributed by atoms with E-state index in [-0.39, 0.29) is 16.2 Å². The molecule has 0 fully saturated rings. The number of aromatic amines is 1. The van der Waals surface area contributed by atoms with Crippen LogP contribution in [0, 0.1) is 4.77 Å². The first kappa shape index (κ1) is 19.2. The fourth-order valence-corrected chi connectivity index (χ4v) is 4.45. The van der Waals surface area contributed by atoms with Crippen molar-refractivity contribution in [1.29, 1.82) is 0 Å². The molecule has 2 aromatic rings. The van der Waals surface area contributed by atoms with E-state index in [4.69, 9.17) is 23.8 Å². The smallest absolute Gasteiger partial charge is 0.262 e. The van der Waals surface area contributed by atoms with Crippen LogP contribution in [0.3, 0.4) is 0 Å². The van der Waals surface area contributed by atoms with Gasteiger partial charge in [0.15, 0.2) is 4.77 Å². The van der Waals surface area contributed by atoms with Gasteiger partial charge in [0, 0.05) is 9.26 Å². The van der Waals surface area contributed by atoms with Gasteiger partial charge in [-0.2, -0.15) is 0 Å². The fourth-order valence-electron chi connectivity index (χ4n) is 2.03. The highest BCUT2D eigenvalue weighted by atomic mass is 35.5. The van der Waals surface area contributed by atoms with E-state index in [2.05, 4.69) is 4.98 Å². The zero-order valence-electron chi connectivity index (χ0n) is 13.2. The van der Waals surface area contributed by atoms with Crippen LogP contribution in [0.1, 0.15) is 19.4 Å². The lowest BCUT2D eigenvalue weighted by atomic mass is 10.2. The van der Waals surface area contributed by atoms with Gasteiger partial charge >= 0.3 is 0 Å². The summed E-state index contributed by atoms with van der Waals surface area (Å²) < 4.78 is 2.52. The molecule has 1 heterocycles. The molecule has 4 nitrogen and oxygen atoms in total. The average molecular weight is 401 g/mol. The molecule has 0 aliphatic rings. The van der Waals surface area contributed by atoms with Gasteiger partial charge in [0.05, 0.1) is 5.69 Å². The summed E-state index contributed by atoms with van der Waals surface area (Å²) >= 11 is 14.4. The molecule has 0 radical (unpaired) electrons. The summed E-state index contributed by atoms with van der Waals surface area (Å²) in [6.07, 6.45) is 1.71. The molecule has 0 saturated carbocycles. The topological polar surface area (TPSA) is 58.0 Å². The van der Waals surface area contributed by atoms with Crippen LogP contribution < -0.4 is 5.56 Å². The van der Waals surface area contributed by atoms with Gasteiger partial charge in [-0.05, 0) is 54.1 Å². The van der Waals surface area contributed by atoms with E-state index in [1.165, 1.54) is 4.57 Å². The van der Waals surface area contributed by atoms with E-state index in [1.807, 2.05) is 13.8 Å². The molecule has 0 amide bonds. The Morgan fingerprint density at radius 2 is 1.88 bits per heavy atom. The van der Waals surface area contributed by atoms with Crippen molar-refractivity contribution in [1.82, 2.24) is 9.55 Å². The molecule has 1 aromatic heterocycles. The first-order valence-corrected chi connectivity index (χ1v) is 10.0. The molecule has 24 heavy (non-hydrogen) atoms. The van der Waals surface area contributed by atoms with Crippen molar-refractivity contribution < 1.29 is 5.11 Å². The molecule has 2 rings (SSSR count). The molecule has 0 aliphatic heterocycles. The summed E-state index contributed by atoms with van der Waals surface area (Å²) in [4.78, 5) is 14.9. The number of halogens is 1. The number of H-pyrrole nitrogens is 1. The van der Waals surface area contributed by atoms with Crippen molar-refractivity contribution >= 4 is 53.4 Å². The standard InChI is InChI=1S/C16H17ClN2O2S3/c1-3-23-13(24-4-2)9-12-14(20)18-16(22)19(15(12)21)11-7-5-10(17)6-8-11/h5-9,21H,3-4H2,1-2H3,(H,18,20,22). The van der Waals surface area contributed by atoms with Crippen molar-refractivity contribution in [3.05, 3.63) is 54.2 Å². The van der Waals surface area contributed by atoms with Crippen LogP contribution in [-0.2, 0) is 0 Å². The van der Waals surface area contributed by atoms with E-state index in [0.717, 1.165) is 15.7 Å². The summed E-state index contributed by atoms with van der Waals surface area (Å²) in [6.45, 7) is 4.08. The summed E-state index contributed by atoms with van der Waals surface area (Å²) in [7, 11) is 0. The predicted molar refractivity (Wildman–Crippen MR) is 108 cm³/mol. The second-order valence-electron chi connectivity index (χ2n) is 4.64. The lowest BCUT2D eigenvalue weighted by molar-refractivity contribution is 0.432. The van der Waals surface area contributed by atoms with E-state index in [9.17, 15) is 9.90 Å². The maximum Gasteiger partial charge on any atom is 0.262 e. The molecule has 8 heteroatoms. The summed E-state index contributed by atoms with van der Waals surface area (Å²) in [5.74, 6) is 1.58. The van der Waals surface area contributed by atoms with Crippen molar-refractivity contribution in [3.63, 3.8) is 0 Å². The Balaban J connectivity index is 2.64. The molecule has 1 aromatic carbocycles. The number of nitrogens with one attached hydrogen (secondary N) is 1. The van der Waals surface area contributed by atoms with Crippen molar-refractivity contribution in [3.8, 4) is 11.6 Å². The molecule has 2 N–H and O–H groups in total. The highest BCUT2D eigenvalue weighted by Gasteiger charge is 2.13. The minimum Gasteiger partial charge on any atom is -0.494 e. The van der Waals surface area contributed by atoms with Crippen LogP contribution in [0.25, 0.3) is 11.8 Å². The first-order chi connectivity index (χ1) is 11.5. The molecule has 128 valence electrons. The minimum atomic E-state index is -0.409. The van der Waals surface area contributed by atoms with Crippen LogP contribution in [0.2, 0.25) is 5.02 Å². The van der Waals surface area contributed by atoms with Gasteiger partial charge in [0.25, 0.3) is 5.56 Å². The number of hydrogen-bond donors (Lipinski definition) is 2. The Kier molecular flexibility index (Phi) is 7.03. The second-order valence-corrected chi connectivity index (χ2v) is 8.33. The van der Waals surface area contributed by atoms with Crippen LogP contribution in [0.15, 0.2) is 33.3 Å². The Morgan fingerprint density at radius 3 is 2.42 bits per heavy atom. The number of rotatable bonds is 6. The van der Waals surface area contributed by atoms with E-state index >= 15 is 0 Å². The highest BCUT2D eigenvalue weighted by Crippen LogP contribution is 2.32. The molecular formula is C16H17ClN2O2S3. The van der Waals surface area contributed by atoms with Gasteiger partial charge in [-0.3, -0.25) is 14.3 Å². The monoisotopic (exact) mass is 400 g/mol. The number of nitrogens with zero attached hydrogens (tertiary/aromatic N) is 1. The van der Waals surface area contributed by atoms with Gasteiger partial charge in [-0.15, -0.1) is 23.5 Å². The third-order valence-corrected chi connectivity index (χ3v) is 5.67. The molecule has 0 atom stereocenters. The Labute approximate surface area is 159 Å². The van der Waals surface area contributed by atoms with Crippen molar-refractivity contribution in [2.24, 2.45) is 0 Å². The molecule has 0 saturated heterocycles. The normalized spacial score (nSPS) is 10.6. The first-order valence-electron chi connectivity index (χ1n) is 7.29. The zero-order valence-corrected chi connectivity index (χ0v) is 16.4. The summed E-state index contributed by atoms with van der Waals surface area (Å²) in [6, 6.07) is 6.85. The Bertz CT molecular complexity index is 849. The Morgan fingerprint density at radius 1 is 1.29 bits per heavy atom. The molecule has 0 bridgehead atoms. The third kappa shape index (κ3) is 4.47. The van der Waals surface area contributed by atoms with Crippen LogP contribution >= 0.6 is 47.3 Å². The maximum absolute atomic E-state index is 12.3. The van der Waals surface area contributed by atoms with Gasteiger partial charge in [0.2, 0.25) is 5.88 Å². The zero-order chi connectivity index (χ0) is 17.7. The van der Waals surface area contributed by atoms with Crippen molar-refractivity contribution in [2.45, 2.75) is 13.8 Å². The number of thioether (sulfide) groups is 2. The number of aromatic nitrogens is 2. The second kappa shape index (κ2) is 8.80. The van der Waals surface area contributed by atoms with Gasteiger partial charge in [-0.25, -0.2) is 0 Å². The van der Waals surface area contributed by atoms with Crippen LogP contribution in [0.5, 0.6) is 5.88 Å². The molecular weight excluding hydrogens is 384 g/mol. The predicted octanol–water partition coefficient (Wildman–Crippen LogP) is 5.06. The fraction of sp³-hybridized carbons (Fsp3) is 0.250. The number of aromatic hydroxyl groups is 1. The van der Waals surface area contributed by atoms with Gasteiger partial charge < -0.3 is 5.11 Å². The molecule has 0 aliphatic carbocycles. The van der Waals surface area contributed by atoms with E-state index in [0.29, 0.717) is 10.7 Å². The van der Waals surface area contributed by atoms with Crippen molar-refractivity contribution in [2.75, 3.05) is 11.5 Å². The summed E-state index contributed by atoms with van der Waals surface area (Å²) in [5, 5.41) is 11.2. The number of hydrogen-bond acceptors (Lipinski definition) is 5. The average Bonchev–Trinajstić information content (AvgIpc) is 2.53. The summed E-state index contributed by atoms with van der Waals surface area (Å²) in [5.41, 5.74) is 0.407. The van der Waals surface area contributed by atoms with E-state index in [1.54, 1.807) is 53.9 Å². The Hall–Kier alpha value is -1.15. The minimum absolute atomic E-state index is 0.129.